The Hall–Kier alpha value is -1.58. The van der Waals surface area contributed by atoms with E-state index in [1.165, 1.54) is 25.7 Å². The molecule has 1 fully saturated rings. The lowest BCUT2D eigenvalue weighted by molar-refractivity contribution is 0.0526. The van der Waals surface area contributed by atoms with Crippen molar-refractivity contribution in [3.05, 3.63) is 23.9 Å². The first kappa shape index (κ1) is 13.8. The highest BCUT2D eigenvalue weighted by Gasteiger charge is 2.29. The van der Waals surface area contributed by atoms with E-state index in [1.54, 1.807) is 13.1 Å². The molecule has 104 valence electrons. The zero-order valence-electron chi connectivity index (χ0n) is 11.8. The number of aromatic nitrogens is 1. The molecule has 4 nitrogen and oxygen atoms in total. The maximum Gasteiger partial charge on any atom is 0.339 e. The van der Waals surface area contributed by atoms with E-state index in [1.807, 2.05) is 12.1 Å². The van der Waals surface area contributed by atoms with Gasteiger partial charge in [0.1, 0.15) is 5.82 Å². The molecule has 0 spiro atoms. The van der Waals surface area contributed by atoms with Crippen LogP contribution in [0.2, 0.25) is 0 Å². The number of hydrogen-bond donors (Lipinski definition) is 0. The summed E-state index contributed by atoms with van der Waals surface area (Å²) in [6.07, 6.45) is 6.49. The van der Waals surface area contributed by atoms with Crippen LogP contribution in [0, 0.1) is 0 Å². The van der Waals surface area contributed by atoms with E-state index in [4.69, 9.17) is 4.74 Å². The summed E-state index contributed by atoms with van der Waals surface area (Å²) in [5, 5.41) is 0. The second kappa shape index (κ2) is 6.55. The van der Waals surface area contributed by atoms with Crippen LogP contribution in [0.3, 0.4) is 0 Å². The third-order valence-corrected chi connectivity index (χ3v) is 3.29. The third-order valence-electron chi connectivity index (χ3n) is 3.29. The fourth-order valence-corrected chi connectivity index (χ4v) is 2.09. The molecular formula is C15H22N2O2. The van der Waals surface area contributed by atoms with Gasteiger partial charge in [-0.15, -0.1) is 0 Å². The van der Waals surface area contributed by atoms with Crippen molar-refractivity contribution >= 4 is 11.8 Å². The summed E-state index contributed by atoms with van der Waals surface area (Å²) in [5.74, 6) is 0.678. The molecule has 2 rings (SSSR count). The minimum Gasteiger partial charge on any atom is -0.462 e. The summed E-state index contributed by atoms with van der Waals surface area (Å²) < 4.78 is 4.96. The highest BCUT2D eigenvalue weighted by molar-refractivity contribution is 5.89. The average Bonchev–Trinajstić information content (AvgIpc) is 3.25. The van der Waals surface area contributed by atoms with Crippen LogP contribution in [0.15, 0.2) is 18.3 Å². The zero-order chi connectivity index (χ0) is 13.7. The Balaban J connectivity index is 2.04. The van der Waals surface area contributed by atoms with Gasteiger partial charge in [-0.1, -0.05) is 13.3 Å². The summed E-state index contributed by atoms with van der Waals surface area (Å²) in [5.41, 5.74) is 0.525. The highest BCUT2D eigenvalue weighted by atomic mass is 16.5. The number of carbonyl (C=O) groups is 1. The van der Waals surface area contributed by atoms with Crippen molar-refractivity contribution in [1.29, 1.82) is 0 Å². The minimum absolute atomic E-state index is 0.298. The van der Waals surface area contributed by atoms with E-state index in [2.05, 4.69) is 16.8 Å². The number of anilines is 1. The van der Waals surface area contributed by atoms with Crippen molar-refractivity contribution in [2.45, 2.75) is 45.6 Å². The molecule has 0 radical (unpaired) electrons. The van der Waals surface area contributed by atoms with E-state index < -0.39 is 0 Å². The molecule has 0 aromatic carbocycles. The topological polar surface area (TPSA) is 42.4 Å². The van der Waals surface area contributed by atoms with E-state index >= 15 is 0 Å². The van der Waals surface area contributed by atoms with Gasteiger partial charge in [-0.3, -0.25) is 0 Å². The summed E-state index contributed by atoms with van der Waals surface area (Å²) in [6.45, 7) is 5.44. The first-order chi connectivity index (χ1) is 9.26. The molecule has 0 N–H and O–H groups in total. The van der Waals surface area contributed by atoms with Crippen molar-refractivity contribution in [2.75, 3.05) is 18.1 Å². The van der Waals surface area contributed by atoms with Crippen molar-refractivity contribution in [2.24, 2.45) is 0 Å². The van der Waals surface area contributed by atoms with Gasteiger partial charge in [-0.2, -0.15) is 0 Å². The molecule has 0 saturated heterocycles. The predicted molar refractivity (Wildman–Crippen MR) is 75.5 cm³/mol. The molecule has 0 aliphatic heterocycles. The third kappa shape index (κ3) is 3.69. The molecule has 1 aromatic rings. The summed E-state index contributed by atoms with van der Waals surface area (Å²) in [4.78, 5) is 18.3. The number of rotatable bonds is 7. The molecule has 0 amide bonds. The number of esters is 1. The quantitative estimate of drug-likeness (QED) is 0.708. The number of hydrogen-bond acceptors (Lipinski definition) is 4. The number of carbonyl (C=O) groups excluding carboxylic acids is 1. The van der Waals surface area contributed by atoms with E-state index in [0.29, 0.717) is 18.2 Å². The van der Waals surface area contributed by atoms with Crippen molar-refractivity contribution in [1.82, 2.24) is 4.98 Å². The largest absolute Gasteiger partial charge is 0.462 e. The maximum absolute atomic E-state index is 11.6. The molecule has 4 heteroatoms. The smallest absolute Gasteiger partial charge is 0.339 e. The Kier molecular flexibility index (Phi) is 4.77. The molecule has 0 bridgehead atoms. The maximum atomic E-state index is 11.6. The van der Waals surface area contributed by atoms with Crippen LogP contribution in [0.4, 0.5) is 5.82 Å². The van der Waals surface area contributed by atoms with Crippen LogP contribution >= 0.6 is 0 Å². The number of ether oxygens (including phenoxy) is 1. The van der Waals surface area contributed by atoms with Crippen LogP contribution in [-0.4, -0.2) is 30.1 Å². The number of nitrogens with zero attached hydrogens (tertiary/aromatic N) is 2. The van der Waals surface area contributed by atoms with Gasteiger partial charge in [0.15, 0.2) is 0 Å². The second-order valence-corrected chi connectivity index (χ2v) is 4.90. The van der Waals surface area contributed by atoms with Crippen molar-refractivity contribution < 1.29 is 9.53 Å². The van der Waals surface area contributed by atoms with E-state index in [9.17, 15) is 4.79 Å². The lowest BCUT2D eigenvalue weighted by Crippen LogP contribution is -2.27. The van der Waals surface area contributed by atoms with Crippen LogP contribution in [0.25, 0.3) is 0 Å². The Morgan fingerprint density at radius 1 is 1.42 bits per heavy atom. The molecule has 1 aliphatic rings. The van der Waals surface area contributed by atoms with Gasteiger partial charge >= 0.3 is 5.97 Å². The predicted octanol–water partition coefficient (Wildman–Crippen LogP) is 3.03. The normalized spacial score (nSPS) is 14.2. The van der Waals surface area contributed by atoms with Crippen LogP contribution in [-0.2, 0) is 4.74 Å². The second-order valence-electron chi connectivity index (χ2n) is 4.90. The number of unbranched alkanes of at least 4 members (excludes halogenated alkanes) is 1. The lowest BCUT2D eigenvalue weighted by atomic mass is 10.2. The van der Waals surface area contributed by atoms with Crippen molar-refractivity contribution in [3.8, 4) is 0 Å². The Bertz CT molecular complexity index is 413. The van der Waals surface area contributed by atoms with Gasteiger partial charge in [0, 0.05) is 18.8 Å². The SMILES string of the molecule is CCCCN(c1ccc(C(=O)OCC)cn1)C1CC1. The number of pyridine rings is 1. The van der Waals surface area contributed by atoms with Crippen LogP contribution < -0.4 is 4.90 Å². The lowest BCUT2D eigenvalue weighted by Gasteiger charge is -2.23. The van der Waals surface area contributed by atoms with Gasteiger partial charge in [0.2, 0.25) is 0 Å². The monoisotopic (exact) mass is 262 g/mol. The Labute approximate surface area is 114 Å². The minimum atomic E-state index is -0.298. The first-order valence-corrected chi connectivity index (χ1v) is 7.16. The molecule has 1 aromatic heterocycles. The summed E-state index contributed by atoms with van der Waals surface area (Å²) in [6, 6.07) is 4.38. The van der Waals surface area contributed by atoms with Gasteiger partial charge in [0.25, 0.3) is 0 Å². The molecule has 1 heterocycles. The summed E-state index contributed by atoms with van der Waals surface area (Å²) in [7, 11) is 0. The Morgan fingerprint density at radius 2 is 2.21 bits per heavy atom. The van der Waals surface area contributed by atoms with Gasteiger partial charge in [0.05, 0.1) is 12.2 Å². The van der Waals surface area contributed by atoms with Crippen LogP contribution in [0.1, 0.15) is 49.9 Å². The van der Waals surface area contributed by atoms with Gasteiger partial charge in [-0.25, -0.2) is 9.78 Å². The molecule has 0 atom stereocenters. The first-order valence-electron chi connectivity index (χ1n) is 7.16. The average molecular weight is 262 g/mol. The van der Waals surface area contributed by atoms with Gasteiger partial charge in [-0.05, 0) is 38.3 Å². The zero-order valence-corrected chi connectivity index (χ0v) is 11.8. The molecule has 1 aliphatic carbocycles. The van der Waals surface area contributed by atoms with E-state index in [0.717, 1.165) is 12.4 Å². The fraction of sp³-hybridized carbons (Fsp3) is 0.600. The molecular weight excluding hydrogens is 240 g/mol. The van der Waals surface area contributed by atoms with Crippen LogP contribution in [0.5, 0.6) is 0 Å². The van der Waals surface area contributed by atoms with Gasteiger partial charge < -0.3 is 9.64 Å². The highest BCUT2D eigenvalue weighted by Crippen LogP contribution is 2.30. The molecule has 0 unspecified atom stereocenters. The standard InChI is InChI=1S/C15H22N2O2/c1-3-5-10-17(13-7-8-13)14-9-6-12(11-16-14)15(18)19-4-2/h6,9,11,13H,3-5,7-8,10H2,1-2H3. The molecule has 19 heavy (non-hydrogen) atoms. The fourth-order valence-electron chi connectivity index (χ4n) is 2.09. The van der Waals surface area contributed by atoms with E-state index in [-0.39, 0.29) is 5.97 Å². The molecule has 1 saturated carbocycles. The van der Waals surface area contributed by atoms with Crippen molar-refractivity contribution in [3.63, 3.8) is 0 Å². The summed E-state index contributed by atoms with van der Waals surface area (Å²) >= 11 is 0. The Morgan fingerprint density at radius 3 is 2.74 bits per heavy atom.